The molecule has 2 fully saturated rings. The first-order chi connectivity index (χ1) is 9.13. The van der Waals surface area contributed by atoms with Gasteiger partial charge in [-0.25, -0.2) is 9.18 Å². The molecule has 1 heterocycles. The first-order valence-electron chi connectivity index (χ1n) is 7.34. The van der Waals surface area contributed by atoms with Gasteiger partial charge in [-0.1, -0.05) is 20.8 Å². The molecule has 0 aromatic carbocycles. The van der Waals surface area contributed by atoms with Crippen LogP contribution in [-0.2, 0) is 9.59 Å². The lowest BCUT2D eigenvalue weighted by atomic mass is 9.67. The number of amides is 1. The molecule has 5 heteroatoms. The van der Waals surface area contributed by atoms with E-state index in [1.807, 2.05) is 0 Å². The number of halogens is 1. The molecule has 3 unspecified atom stereocenters. The minimum Gasteiger partial charge on any atom is -0.479 e. The van der Waals surface area contributed by atoms with Crippen molar-refractivity contribution in [3.63, 3.8) is 0 Å². The molecule has 1 saturated heterocycles. The van der Waals surface area contributed by atoms with Crippen LogP contribution < -0.4 is 0 Å². The summed E-state index contributed by atoms with van der Waals surface area (Å²) in [6.07, 6.45) is 2.63. The van der Waals surface area contributed by atoms with E-state index in [4.69, 9.17) is 5.11 Å². The molecule has 1 N–H and O–H groups in total. The van der Waals surface area contributed by atoms with Gasteiger partial charge in [-0.2, -0.15) is 0 Å². The van der Waals surface area contributed by atoms with Crippen molar-refractivity contribution in [2.75, 3.05) is 13.1 Å². The molecule has 0 aromatic heterocycles. The van der Waals surface area contributed by atoms with E-state index in [2.05, 4.69) is 20.8 Å². The molecule has 0 spiro atoms. The molecule has 1 saturated carbocycles. The third-order valence-corrected chi connectivity index (χ3v) is 4.65. The van der Waals surface area contributed by atoms with Crippen molar-refractivity contribution in [3.05, 3.63) is 0 Å². The number of rotatable bonds is 2. The quantitative estimate of drug-likeness (QED) is 0.848. The Labute approximate surface area is 119 Å². The molecule has 1 aliphatic heterocycles. The molecule has 0 bridgehead atoms. The van der Waals surface area contributed by atoms with Crippen molar-refractivity contribution in [2.45, 2.75) is 52.1 Å². The minimum atomic E-state index is -2.26. The number of carboxylic acids is 1. The smallest absolute Gasteiger partial charge is 0.343 e. The fourth-order valence-electron chi connectivity index (χ4n) is 3.93. The van der Waals surface area contributed by atoms with E-state index >= 15 is 0 Å². The number of hydrogen-bond acceptors (Lipinski definition) is 2. The maximum atomic E-state index is 14.0. The van der Waals surface area contributed by atoms with Gasteiger partial charge in [0.15, 0.2) is 0 Å². The van der Waals surface area contributed by atoms with Gasteiger partial charge in [0.1, 0.15) is 0 Å². The number of hydrogen-bond donors (Lipinski definition) is 1. The van der Waals surface area contributed by atoms with Crippen LogP contribution in [0.3, 0.4) is 0 Å². The standard InChI is InChI=1S/C15H24FNO3/c1-10-6-11(8-14(2,3)7-10)12(18)17-5-4-15(16,9-17)13(19)20/h10-11H,4-9H2,1-3H3,(H,19,20). The molecule has 4 nitrogen and oxygen atoms in total. The Kier molecular flexibility index (Phi) is 3.82. The van der Waals surface area contributed by atoms with Crippen LogP contribution in [0.1, 0.15) is 46.5 Å². The summed E-state index contributed by atoms with van der Waals surface area (Å²) in [7, 11) is 0. The highest BCUT2D eigenvalue weighted by Crippen LogP contribution is 2.42. The number of nitrogens with zero attached hydrogens (tertiary/aromatic N) is 1. The van der Waals surface area contributed by atoms with Crippen LogP contribution in [0.25, 0.3) is 0 Å². The largest absolute Gasteiger partial charge is 0.479 e. The zero-order valence-corrected chi connectivity index (χ0v) is 12.5. The Morgan fingerprint density at radius 2 is 1.95 bits per heavy atom. The van der Waals surface area contributed by atoms with Gasteiger partial charge in [-0.05, 0) is 30.6 Å². The number of carbonyl (C=O) groups excluding carboxylic acids is 1. The zero-order valence-electron chi connectivity index (χ0n) is 12.5. The number of carboxylic acid groups (broad SMARTS) is 1. The van der Waals surface area contributed by atoms with Crippen LogP contribution in [-0.4, -0.2) is 40.6 Å². The van der Waals surface area contributed by atoms with Crippen molar-refractivity contribution in [1.29, 1.82) is 0 Å². The van der Waals surface area contributed by atoms with E-state index in [1.165, 1.54) is 4.90 Å². The van der Waals surface area contributed by atoms with Crippen molar-refractivity contribution >= 4 is 11.9 Å². The first-order valence-corrected chi connectivity index (χ1v) is 7.34. The van der Waals surface area contributed by atoms with Gasteiger partial charge in [0, 0.05) is 18.9 Å². The summed E-state index contributed by atoms with van der Waals surface area (Å²) in [5.74, 6) is -1.13. The molecular weight excluding hydrogens is 261 g/mol. The third kappa shape index (κ3) is 2.96. The topological polar surface area (TPSA) is 57.6 Å². The van der Waals surface area contributed by atoms with Crippen LogP contribution >= 0.6 is 0 Å². The fraction of sp³-hybridized carbons (Fsp3) is 0.867. The van der Waals surface area contributed by atoms with Gasteiger partial charge in [0.2, 0.25) is 11.6 Å². The molecule has 2 aliphatic rings. The summed E-state index contributed by atoms with van der Waals surface area (Å²) in [5.41, 5.74) is -2.14. The molecule has 1 amide bonds. The minimum absolute atomic E-state index is 0.0644. The molecule has 1 aliphatic carbocycles. The predicted molar refractivity (Wildman–Crippen MR) is 73.0 cm³/mol. The van der Waals surface area contributed by atoms with Crippen molar-refractivity contribution in [2.24, 2.45) is 17.3 Å². The van der Waals surface area contributed by atoms with Crippen LogP contribution in [0.4, 0.5) is 4.39 Å². The highest BCUT2D eigenvalue weighted by Gasteiger charge is 2.48. The van der Waals surface area contributed by atoms with E-state index in [0.717, 1.165) is 19.3 Å². The van der Waals surface area contributed by atoms with Gasteiger partial charge in [0.25, 0.3) is 0 Å². The van der Waals surface area contributed by atoms with Gasteiger partial charge in [0.05, 0.1) is 6.54 Å². The van der Waals surface area contributed by atoms with E-state index in [0.29, 0.717) is 5.92 Å². The summed E-state index contributed by atoms with van der Waals surface area (Å²) < 4.78 is 14.0. The summed E-state index contributed by atoms with van der Waals surface area (Å²) in [6, 6.07) is 0. The summed E-state index contributed by atoms with van der Waals surface area (Å²) in [6.45, 7) is 6.37. The molecular formula is C15H24FNO3. The number of carbonyl (C=O) groups is 2. The van der Waals surface area contributed by atoms with Crippen LogP contribution in [0.5, 0.6) is 0 Å². The number of aliphatic carboxylic acids is 1. The SMILES string of the molecule is CC1CC(C(=O)N2CCC(F)(C(=O)O)C2)CC(C)(C)C1. The summed E-state index contributed by atoms with van der Waals surface area (Å²) in [4.78, 5) is 24.8. The zero-order chi connectivity index (χ0) is 15.1. The highest BCUT2D eigenvalue weighted by molar-refractivity contribution is 5.83. The average molecular weight is 285 g/mol. The summed E-state index contributed by atoms with van der Waals surface area (Å²) in [5, 5.41) is 8.89. The predicted octanol–water partition coefficient (Wildman–Crippen LogP) is 2.47. The monoisotopic (exact) mass is 285 g/mol. The molecule has 2 rings (SSSR count). The maximum absolute atomic E-state index is 14.0. The van der Waals surface area contributed by atoms with Crippen LogP contribution in [0.15, 0.2) is 0 Å². The third-order valence-electron chi connectivity index (χ3n) is 4.65. The van der Waals surface area contributed by atoms with E-state index in [9.17, 15) is 14.0 Å². The van der Waals surface area contributed by atoms with Gasteiger partial charge in [-0.3, -0.25) is 4.79 Å². The van der Waals surface area contributed by atoms with Crippen LogP contribution in [0.2, 0.25) is 0 Å². The van der Waals surface area contributed by atoms with E-state index < -0.39 is 11.6 Å². The number of likely N-dealkylation sites (tertiary alicyclic amines) is 1. The lowest BCUT2D eigenvalue weighted by Crippen LogP contribution is -2.43. The Morgan fingerprint density at radius 1 is 1.30 bits per heavy atom. The van der Waals surface area contributed by atoms with Gasteiger partial charge in [-0.15, -0.1) is 0 Å². The van der Waals surface area contributed by atoms with Crippen molar-refractivity contribution in [1.82, 2.24) is 4.90 Å². The number of alkyl halides is 1. The lowest BCUT2D eigenvalue weighted by molar-refractivity contribution is -0.150. The van der Waals surface area contributed by atoms with E-state index in [-0.39, 0.29) is 36.8 Å². The second kappa shape index (κ2) is 5.01. The maximum Gasteiger partial charge on any atom is 0.343 e. The average Bonchev–Trinajstić information content (AvgIpc) is 2.69. The van der Waals surface area contributed by atoms with Gasteiger partial charge >= 0.3 is 5.97 Å². The molecule has 20 heavy (non-hydrogen) atoms. The first kappa shape index (κ1) is 15.3. The lowest BCUT2D eigenvalue weighted by Gasteiger charge is -2.39. The van der Waals surface area contributed by atoms with Gasteiger partial charge < -0.3 is 10.0 Å². The Morgan fingerprint density at radius 3 is 2.45 bits per heavy atom. The fourth-order valence-corrected chi connectivity index (χ4v) is 3.93. The molecule has 0 aromatic rings. The molecule has 114 valence electrons. The molecule has 3 atom stereocenters. The van der Waals surface area contributed by atoms with Crippen molar-refractivity contribution < 1.29 is 19.1 Å². The van der Waals surface area contributed by atoms with E-state index in [1.54, 1.807) is 0 Å². The van der Waals surface area contributed by atoms with Crippen molar-refractivity contribution in [3.8, 4) is 0 Å². The highest BCUT2D eigenvalue weighted by atomic mass is 19.1. The summed E-state index contributed by atoms with van der Waals surface area (Å²) >= 11 is 0. The Hall–Kier alpha value is -1.13. The Bertz CT molecular complexity index is 423. The Balaban J connectivity index is 2.04. The normalized spacial score (nSPS) is 36.9. The molecule has 0 radical (unpaired) electrons. The second-order valence-corrected chi connectivity index (χ2v) is 7.39. The second-order valence-electron chi connectivity index (χ2n) is 7.39. The van der Waals surface area contributed by atoms with Crippen LogP contribution in [0, 0.1) is 17.3 Å².